The second-order valence-electron chi connectivity index (χ2n) is 14.3. The van der Waals surface area contributed by atoms with Gasteiger partial charge in [0.05, 0.1) is 24.5 Å². The fraction of sp³-hybridized carbons (Fsp3) is 0.933. The lowest BCUT2D eigenvalue weighted by atomic mass is 9.74. The summed E-state index contributed by atoms with van der Waals surface area (Å²) in [4.78, 5) is 27.8. The number of nitrogens with zero attached hydrogens (tertiary/aromatic N) is 1. The van der Waals surface area contributed by atoms with Crippen LogP contribution < -0.4 is 5.32 Å². The summed E-state index contributed by atoms with van der Waals surface area (Å²) in [5.41, 5.74) is -0.109. The van der Waals surface area contributed by atoms with E-state index in [4.69, 9.17) is 9.47 Å². The molecular weight excluding hydrogens is 452 g/mol. The summed E-state index contributed by atoms with van der Waals surface area (Å²) in [5.74, 6) is -0.116. The van der Waals surface area contributed by atoms with Crippen molar-refractivity contribution in [3.05, 3.63) is 0 Å². The molecule has 0 spiro atoms. The van der Waals surface area contributed by atoms with E-state index in [2.05, 4.69) is 72.7 Å². The monoisotopic (exact) mass is 508 g/mol. The number of hydrogen-bond donors (Lipinski definition) is 1. The highest BCUT2D eigenvalue weighted by atomic mass is 16.5. The van der Waals surface area contributed by atoms with Crippen molar-refractivity contribution >= 4 is 11.9 Å². The SMILES string of the molecule is CC(CCCCCCCOC(=O)C1CC(C)(C)N(C)C(C)(C)C1)OC(=O)C1CC(C)(C)NC(C)(C)C1. The third-order valence-electron chi connectivity index (χ3n) is 8.48. The van der Waals surface area contributed by atoms with E-state index >= 15 is 0 Å². The van der Waals surface area contributed by atoms with Crippen LogP contribution in [0.5, 0.6) is 0 Å². The number of unbranched alkanes of at least 4 members (excludes halogenated alkanes) is 4. The number of esters is 2. The van der Waals surface area contributed by atoms with Gasteiger partial charge in [-0.3, -0.25) is 14.5 Å². The Kier molecular flexibility index (Phi) is 10.5. The van der Waals surface area contributed by atoms with Crippen LogP contribution in [0.25, 0.3) is 0 Å². The van der Waals surface area contributed by atoms with Gasteiger partial charge in [0.2, 0.25) is 0 Å². The Hall–Kier alpha value is -1.14. The van der Waals surface area contributed by atoms with Crippen LogP contribution in [0.4, 0.5) is 0 Å². The van der Waals surface area contributed by atoms with Gasteiger partial charge >= 0.3 is 11.9 Å². The van der Waals surface area contributed by atoms with Crippen molar-refractivity contribution in [2.45, 2.75) is 155 Å². The summed E-state index contributed by atoms with van der Waals surface area (Å²) < 4.78 is 11.5. The number of carbonyl (C=O) groups excluding carboxylic acids is 2. The van der Waals surface area contributed by atoms with Gasteiger partial charge in [-0.1, -0.05) is 19.3 Å². The van der Waals surface area contributed by atoms with Crippen LogP contribution >= 0.6 is 0 Å². The van der Waals surface area contributed by atoms with Gasteiger partial charge in [0.1, 0.15) is 0 Å². The number of rotatable bonds is 11. The van der Waals surface area contributed by atoms with Gasteiger partial charge in [-0.15, -0.1) is 0 Å². The van der Waals surface area contributed by atoms with Crippen molar-refractivity contribution in [1.82, 2.24) is 10.2 Å². The average Bonchev–Trinajstić information content (AvgIpc) is 2.70. The van der Waals surface area contributed by atoms with E-state index < -0.39 is 0 Å². The van der Waals surface area contributed by atoms with Gasteiger partial charge in [0, 0.05) is 22.2 Å². The van der Waals surface area contributed by atoms with E-state index in [1.807, 2.05) is 6.92 Å². The molecular formula is C30H56N2O4. The lowest BCUT2D eigenvalue weighted by Crippen LogP contribution is -2.59. The fourth-order valence-electron chi connectivity index (χ4n) is 6.74. The van der Waals surface area contributed by atoms with Crippen LogP contribution in [-0.4, -0.2) is 58.8 Å². The third-order valence-corrected chi connectivity index (χ3v) is 8.48. The van der Waals surface area contributed by atoms with Crippen LogP contribution in [0.2, 0.25) is 0 Å². The first kappa shape index (κ1) is 31.1. The van der Waals surface area contributed by atoms with Crippen molar-refractivity contribution in [3.8, 4) is 0 Å². The molecule has 6 heteroatoms. The topological polar surface area (TPSA) is 67.9 Å². The first-order valence-corrected chi connectivity index (χ1v) is 14.3. The van der Waals surface area contributed by atoms with Gasteiger partial charge in [0.25, 0.3) is 0 Å². The largest absolute Gasteiger partial charge is 0.465 e. The van der Waals surface area contributed by atoms with E-state index in [-0.39, 0.29) is 52.0 Å². The minimum absolute atomic E-state index is 0.00229. The molecule has 0 aromatic heterocycles. The van der Waals surface area contributed by atoms with Crippen LogP contribution in [0, 0.1) is 11.8 Å². The second kappa shape index (κ2) is 12.1. The maximum absolute atomic E-state index is 12.8. The van der Waals surface area contributed by atoms with Gasteiger partial charge in [-0.2, -0.15) is 0 Å². The Labute approximate surface area is 221 Å². The predicted octanol–water partition coefficient (Wildman–Crippen LogP) is 6.26. The Morgan fingerprint density at radius 1 is 0.778 bits per heavy atom. The molecule has 2 fully saturated rings. The maximum Gasteiger partial charge on any atom is 0.309 e. The quantitative estimate of drug-likeness (QED) is 0.262. The minimum Gasteiger partial charge on any atom is -0.465 e. The van der Waals surface area contributed by atoms with Gasteiger partial charge in [0.15, 0.2) is 0 Å². The molecule has 1 N–H and O–H groups in total. The molecule has 2 saturated heterocycles. The van der Waals surface area contributed by atoms with Crippen molar-refractivity contribution in [3.63, 3.8) is 0 Å². The number of piperidine rings is 2. The lowest BCUT2D eigenvalue weighted by molar-refractivity contribution is -0.157. The minimum atomic E-state index is -0.0523. The number of hydrogen-bond acceptors (Lipinski definition) is 6. The van der Waals surface area contributed by atoms with Crippen molar-refractivity contribution < 1.29 is 19.1 Å². The van der Waals surface area contributed by atoms with Gasteiger partial charge < -0.3 is 14.8 Å². The Bertz CT molecular complexity index is 709. The number of carbonyl (C=O) groups is 2. The highest BCUT2D eigenvalue weighted by Gasteiger charge is 2.46. The summed E-state index contributed by atoms with van der Waals surface area (Å²) in [7, 11) is 2.15. The highest BCUT2D eigenvalue weighted by Crippen LogP contribution is 2.40. The third kappa shape index (κ3) is 9.31. The molecule has 0 radical (unpaired) electrons. The first-order valence-electron chi connectivity index (χ1n) is 14.3. The normalized spacial score (nSPS) is 24.7. The molecule has 36 heavy (non-hydrogen) atoms. The molecule has 0 saturated carbocycles. The summed E-state index contributed by atoms with van der Waals surface area (Å²) in [6.45, 7) is 20.0. The molecule has 0 aromatic rings. The molecule has 2 aliphatic heterocycles. The van der Waals surface area contributed by atoms with Crippen LogP contribution in [0.15, 0.2) is 0 Å². The first-order chi connectivity index (χ1) is 16.4. The fourth-order valence-corrected chi connectivity index (χ4v) is 6.74. The maximum atomic E-state index is 12.8. The van der Waals surface area contributed by atoms with Gasteiger partial charge in [-0.25, -0.2) is 0 Å². The summed E-state index contributed by atoms with van der Waals surface area (Å²) >= 11 is 0. The van der Waals surface area contributed by atoms with E-state index in [1.165, 1.54) is 0 Å². The predicted molar refractivity (Wildman–Crippen MR) is 147 cm³/mol. The lowest BCUT2D eigenvalue weighted by Gasteiger charge is -2.53. The van der Waals surface area contributed by atoms with Crippen LogP contribution in [-0.2, 0) is 19.1 Å². The molecule has 0 aromatic carbocycles. The standard InChI is InChI=1S/C30H56N2O4/c1-22(36-26(34)23-18-27(2,3)31-28(4,5)19-23)16-14-12-11-13-15-17-35-25(33)24-20-29(6,7)32(10)30(8,9)21-24/h22-24,31H,11-21H2,1-10H3. The van der Waals surface area contributed by atoms with Crippen LogP contribution in [0.1, 0.15) is 127 Å². The van der Waals surface area contributed by atoms with Crippen molar-refractivity contribution in [2.24, 2.45) is 11.8 Å². The zero-order valence-corrected chi connectivity index (χ0v) is 25.1. The van der Waals surface area contributed by atoms with Crippen molar-refractivity contribution in [2.75, 3.05) is 13.7 Å². The zero-order valence-electron chi connectivity index (χ0n) is 25.1. The number of likely N-dealkylation sites (tertiary alicyclic amines) is 1. The van der Waals surface area contributed by atoms with Crippen LogP contribution in [0.3, 0.4) is 0 Å². The van der Waals surface area contributed by atoms with E-state index in [0.717, 1.165) is 64.2 Å². The molecule has 1 atom stereocenters. The number of ether oxygens (including phenoxy) is 2. The highest BCUT2D eigenvalue weighted by molar-refractivity contribution is 5.73. The molecule has 0 amide bonds. The molecule has 2 aliphatic rings. The number of nitrogens with one attached hydrogen (secondary N) is 1. The van der Waals surface area contributed by atoms with E-state index in [0.29, 0.717) is 6.61 Å². The second-order valence-corrected chi connectivity index (χ2v) is 14.3. The molecule has 6 nitrogen and oxygen atoms in total. The molecule has 1 unspecified atom stereocenters. The Morgan fingerprint density at radius 2 is 1.25 bits per heavy atom. The molecule has 0 aliphatic carbocycles. The zero-order chi connectivity index (χ0) is 27.4. The summed E-state index contributed by atoms with van der Waals surface area (Å²) in [6.07, 6.45) is 9.45. The van der Waals surface area contributed by atoms with Crippen molar-refractivity contribution in [1.29, 1.82) is 0 Å². The molecule has 2 heterocycles. The smallest absolute Gasteiger partial charge is 0.309 e. The summed E-state index contributed by atoms with van der Waals surface area (Å²) in [5, 5.41) is 3.63. The Morgan fingerprint density at radius 3 is 1.81 bits per heavy atom. The molecule has 0 bridgehead atoms. The summed E-state index contributed by atoms with van der Waals surface area (Å²) in [6, 6.07) is 0. The van der Waals surface area contributed by atoms with E-state index in [1.54, 1.807) is 0 Å². The molecule has 210 valence electrons. The molecule has 2 rings (SSSR count). The Balaban J connectivity index is 1.57. The average molecular weight is 509 g/mol. The van der Waals surface area contributed by atoms with E-state index in [9.17, 15) is 9.59 Å². The van der Waals surface area contributed by atoms with Gasteiger partial charge in [-0.05, 0) is 114 Å².